The molecule has 1 aliphatic heterocycles. The van der Waals surface area contributed by atoms with Crippen molar-refractivity contribution in [3.05, 3.63) is 12.7 Å². The minimum atomic E-state index is -0.784. The maximum atomic E-state index is 12.0. The maximum absolute atomic E-state index is 12.0. The molecule has 0 aromatic rings. The van der Waals surface area contributed by atoms with Crippen molar-refractivity contribution in [1.29, 1.82) is 0 Å². The van der Waals surface area contributed by atoms with Crippen molar-refractivity contribution in [2.45, 2.75) is 32.4 Å². The molecule has 2 atom stereocenters. The fourth-order valence-corrected chi connectivity index (χ4v) is 3.24. The number of amides is 1. The molecule has 1 saturated heterocycles. The van der Waals surface area contributed by atoms with Gasteiger partial charge < -0.3 is 5.11 Å². The van der Waals surface area contributed by atoms with Crippen LogP contribution in [0.2, 0.25) is 0 Å². The summed E-state index contributed by atoms with van der Waals surface area (Å²) in [7, 11) is 0. The zero-order valence-electron chi connectivity index (χ0n) is 9.55. The number of nitrogens with zero attached hydrogens (tertiary/aromatic N) is 1. The van der Waals surface area contributed by atoms with Crippen LogP contribution in [0.5, 0.6) is 0 Å². The molecule has 16 heavy (non-hydrogen) atoms. The number of aliphatic hydroxyl groups excluding tert-OH is 1. The lowest BCUT2D eigenvalue weighted by Gasteiger charge is -2.26. The smallest absolute Gasteiger partial charge is 0.231 e. The van der Waals surface area contributed by atoms with Gasteiger partial charge in [0.2, 0.25) is 5.91 Å². The normalized spacial score (nSPS) is 22.6. The minimum Gasteiger partial charge on any atom is -0.389 e. The number of rotatable bonds is 4. The summed E-state index contributed by atoms with van der Waals surface area (Å²) in [5.41, 5.74) is 0. The molecule has 3 nitrogen and oxygen atoms in total. The Morgan fingerprint density at radius 2 is 2.44 bits per heavy atom. The number of hydrogen-bond donors (Lipinski definition) is 1. The van der Waals surface area contributed by atoms with E-state index in [0.29, 0.717) is 10.2 Å². The van der Waals surface area contributed by atoms with Crippen LogP contribution in [0, 0.1) is 5.92 Å². The fourth-order valence-electron chi connectivity index (χ4n) is 1.57. The van der Waals surface area contributed by atoms with Crippen LogP contribution in [0.15, 0.2) is 12.7 Å². The Morgan fingerprint density at radius 3 is 2.94 bits per heavy atom. The van der Waals surface area contributed by atoms with E-state index in [4.69, 9.17) is 12.2 Å². The van der Waals surface area contributed by atoms with E-state index >= 15 is 0 Å². The highest BCUT2D eigenvalue weighted by Crippen LogP contribution is 2.29. The van der Waals surface area contributed by atoms with Gasteiger partial charge in [-0.05, 0) is 5.92 Å². The lowest BCUT2D eigenvalue weighted by molar-refractivity contribution is -0.130. The second-order valence-electron chi connectivity index (χ2n) is 4.16. The van der Waals surface area contributed by atoms with Gasteiger partial charge in [-0.3, -0.25) is 9.69 Å². The van der Waals surface area contributed by atoms with E-state index in [1.807, 2.05) is 0 Å². The summed E-state index contributed by atoms with van der Waals surface area (Å²) in [6.07, 6.45) is 0.649. The van der Waals surface area contributed by atoms with E-state index in [1.54, 1.807) is 4.90 Å². The number of carbonyl (C=O) groups is 1. The van der Waals surface area contributed by atoms with E-state index in [1.165, 1.54) is 17.8 Å². The fraction of sp³-hybridized carbons (Fsp3) is 0.636. The number of hydrogen-bond acceptors (Lipinski definition) is 4. The predicted octanol–water partition coefficient (Wildman–Crippen LogP) is 1.81. The third kappa shape index (κ3) is 3.06. The first kappa shape index (κ1) is 13.7. The summed E-state index contributed by atoms with van der Waals surface area (Å²) >= 11 is 6.70. The Balaban J connectivity index is 2.71. The van der Waals surface area contributed by atoms with Crippen molar-refractivity contribution >= 4 is 34.2 Å². The van der Waals surface area contributed by atoms with Gasteiger partial charge in [0, 0.05) is 11.8 Å². The van der Waals surface area contributed by atoms with Gasteiger partial charge >= 0.3 is 0 Å². The summed E-state index contributed by atoms with van der Waals surface area (Å²) in [6.45, 7) is 7.60. The molecule has 1 rings (SSSR count). The number of thioether (sulfide) groups is 1. The van der Waals surface area contributed by atoms with Crippen molar-refractivity contribution in [2.75, 3.05) is 5.75 Å². The second kappa shape index (κ2) is 5.80. The van der Waals surface area contributed by atoms with Gasteiger partial charge in [-0.2, -0.15) is 0 Å². The highest BCUT2D eigenvalue weighted by molar-refractivity contribution is 8.23. The van der Waals surface area contributed by atoms with E-state index < -0.39 is 6.10 Å². The zero-order chi connectivity index (χ0) is 12.3. The molecule has 1 unspecified atom stereocenters. The molecule has 0 saturated carbocycles. The summed E-state index contributed by atoms with van der Waals surface area (Å²) in [5.74, 6) is 1.12. The van der Waals surface area contributed by atoms with Gasteiger partial charge in [-0.25, -0.2) is 0 Å². The monoisotopic (exact) mass is 259 g/mol. The molecule has 1 amide bonds. The zero-order valence-corrected chi connectivity index (χ0v) is 11.2. The van der Waals surface area contributed by atoms with Gasteiger partial charge in [0.05, 0.1) is 12.5 Å². The Bertz CT molecular complexity index is 304. The average Bonchev–Trinajstić information content (AvgIpc) is 2.59. The standard InChI is InChI=1S/C11H17NO2S2/c1-4-8(13)5-10(14)12-9(7(2)3)6-16-11(12)15/h4,7-9,13H,1,5-6H2,2-3H3/t8-,9?/m1/s1. The molecule has 0 aromatic heterocycles. The Hall–Kier alpha value is -0.390. The Kier molecular flexibility index (Phi) is 4.95. The lowest BCUT2D eigenvalue weighted by atomic mass is 10.0. The molecule has 90 valence electrons. The Labute approximate surface area is 106 Å². The minimum absolute atomic E-state index is 0.0629. The number of aliphatic hydroxyl groups is 1. The Morgan fingerprint density at radius 1 is 1.81 bits per heavy atom. The summed E-state index contributed by atoms with van der Waals surface area (Å²) in [5, 5.41) is 9.38. The first-order valence-electron chi connectivity index (χ1n) is 5.26. The highest BCUT2D eigenvalue weighted by atomic mass is 32.2. The predicted molar refractivity (Wildman–Crippen MR) is 71.3 cm³/mol. The molecule has 1 fully saturated rings. The average molecular weight is 259 g/mol. The van der Waals surface area contributed by atoms with Crippen molar-refractivity contribution in [1.82, 2.24) is 4.90 Å². The number of carbonyl (C=O) groups excluding carboxylic acids is 1. The van der Waals surface area contributed by atoms with Crippen molar-refractivity contribution in [3.63, 3.8) is 0 Å². The molecule has 0 aromatic carbocycles. The van der Waals surface area contributed by atoms with Crippen molar-refractivity contribution in [3.8, 4) is 0 Å². The van der Waals surface area contributed by atoms with E-state index in [0.717, 1.165) is 5.75 Å². The van der Waals surface area contributed by atoms with Crippen molar-refractivity contribution in [2.24, 2.45) is 5.92 Å². The first-order valence-corrected chi connectivity index (χ1v) is 6.66. The van der Waals surface area contributed by atoms with Crippen LogP contribution in [-0.2, 0) is 4.79 Å². The topological polar surface area (TPSA) is 40.5 Å². The molecule has 0 spiro atoms. The third-order valence-corrected chi connectivity index (χ3v) is 4.10. The van der Waals surface area contributed by atoms with Crippen LogP contribution in [0.3, 0.4) is 0 Å². The van der Waals surface area contributed by atoms with Crippen LogP contribution in [0.4, 0.5) is 0 Å². The SMILES string of the molecule is C=C[C@@H](O)CC(=O)N1C(=S)SCC1C(C)C. The van der Waals surface area contributed by atoms with Gasteiger partial charge in [0.1, 0.15) is 4.32 Å². The van der Waals surface area contributed by atoms with Crippen LogP contribution in [-0.4, -0.2) is 38.1 Å². The molecule has 0 radical (unpaired) electrons. The van der Waals surface area contributed by atoms with Crippen LogP contribution < -0.4 is 0 Å². The molecular weight excluding hydrogens is 242 g/mol. The van der Waals surface area contributed by atoms with E-state index in [9.17, 15) is 9.90 Å². The van der Waals surface area contributed by atoms with E-state index in [-0.39, 0.29) is 18.4 Å². The van der Waals surface area contributed by atoms with Gasteiger partial charge in [-0.15, -0.1) is 6.58 Å². The molecular formula is C11H17NO2S2. The van der Waals surface area contributed by atoms with Crippen LogP contribution >= 0.6 is 24.0 Å². The lowest BCUT2D eigenvalue weighted by Crippen LogP contribution is -2.42. The summed E-state index contributed by atoms with van der Waals surface area (Å²) in [4.78, 5) is 13.6. The number of thiocarbonyl (C=S) groups is 1. The highest BCUT2D eigenvalue weighted by Gasteiger charge is 2.35. The molecule has 1 N–H and O–H groups in total. The second-order valence-corrected chi connectivity index (χ2v) is 5.81. The summed E-state index contributed by atoms with van der Waals surface area (Å²) < 4.78 is 0.625. The van der Waals surface area contributed by atoms with E-state index in [2.05, 4.69) is 20.4 Å². The quantitative estimate of drug-likeness (QED) is 0.617. The largest absolute Gasteiger partial charge is 0.389 e. The molecule has 0 bridgehead atoms. The molecule has 5 heteroatoms. The first-order chi connectivity index (χ1) is 7.47. The van der Waals surface area contributed by atoms with Crippen LogP contribution in [0.1, 0.15) is 20.3 Å². The molecule has 0 aliphatic carbocycles. The van der Waals surface area contributed by atoms with Crippen LogP contribution in [0.25, 0.3) is 0 Å². The van der Waals surface area contributed by atoms with Gasteiger partial charge in [0.15, 0.2) is 0 Å². The maximum Gasteiger partial charge on any atom is 0.231 e. The van der Waals surface area contributed by atoms with Crippen molar-refractivity contribution < 1.29 is 9.90 Å². The molecule has 1 heterocycles. The molecule has 1 aliphatic rings. The van der Waals surface area contributed by atoms with Gasteiger partial charge in [-0.1, -0.05) is 43.9 Å². The van der Waals surface area contributed by atoms with Gasteiger partial charge in [0.25, 0.3) is 0 Å². The summed E-state index contributed by atoms with van der Waals surface area (Å²) in [6, 6.07) is 0.155. The third-order valence-electron chi connectivity index (χ3n) is 2.60.